The Labute approximate surface area is 192 Å². The van der Waals surface area contributed by atoms with Crippen LogP contribution in [-0.4, -0.2) is 57.4 Å². The van der Waals surface area contributed by atoms with Crippen molar-refractivity contribution in [1.29, 1.82) is 0 Å². The van der Waals surface area contributed by atoms with Gasteiger partial charge in [0, 0.05) is 42.3 Å². The monoisotopic (exact) mass is 479 g/mol. The van der Waals surface area contributed by atoms with Gasteiger partial charge in [0.15, 0.2) is 0 Å². The summed E-state index contributed by atoms with van der Waals surface area (Å²) < 4.78 is 32.6. The second kappa shape index (κ2) is 10.9. The Balaban J connectivity index is 1.52. The number of halogens is 1. The molecule has 10 heteroatoms. The fourth-order valence-corrected chi connectivity index (χ4v) is 5.04. The van der Waals surface area contributed by atoms with Gasteiger partial charge in [-0.3, -0.25) is 9.59 Å². The van der Waals surface area contributed by atoms with Crippen molar-refractivity contribution in [1.82, 2.24) is 9.62 Å². The summed E-state index contributed by atoms with van der Waals surface area (Å²) in [5, 5.41) is 6.04. The lowest BCUT2D eigenvalue weighted by Crippen LogP contribution is -2.40. The van der Waals surface area contributed by atoms with Gasteiger partial charge in [-0.2, -0.15) is 4.31 Å². The highest BCUT2D eigenvalue weighted by Crippen LogP contribution is 2.24. The smallest absolute Gasteiger partial charge is 0.251 e. The molecule has 2 amide bonds. The standard InChI is InChI=1S/C22H26ClN3O5S/c1-16-4-9-19(15-20(16)32(29,30)26-11-13-31-14-12-26)25-21(27)3-2-10-24-22(28)17-5-7-18(23)8-6-17/h4-9,15H,2-3,10-14H2,1H3,(H,24,28)(H,25,27). The van der Waals surface area contributed by atoms with Crippen LogP contribution in [0.1, 0.15) is 28.8 Å². The number of benzene rings is 2. The van der Waals surface area contributed by atoms with Gasteiger partial charge in [-0.05, 0) is 55.3 Å². The average molecular weight is 480 g/mol. The number of carbonyl (C=O) groups is 2. The first-order chi connectivity index (χ1) is 15.3. The predicted octanol–water partition coefficient (Wildman–Crippen LogP) is 2.82. The van der Waals surface area contributed by atoms with Crippen LogP contribution in [0.5, 0.6) is 0 Å². The van der Waals surface area contributed by atoms with E-state index in [4.69, 9.17) is 16.3 Å². The van der Waals surface area contributed by atoms with E-state index >= 15 is 0 Å². The van der Waals surface area contributed by atoms with Crippen molar-refractivity contribution >= 4 is 39.1 Å². The van der Waals surface area contributed by atoms with Gasteiger partial charge in [-0.25, -0.2) is 8.42 Å². The quantitative estimate of drug-likeness (QED) is 0.566. The third-order valence-corrected chi connectivity index (χ3v) is 7.32. The Kier molecular flexibility index (Phi) is 8.25. The zero-order valence-corrected chi connectivity index (χ0v) is 19.3. The number of aryl methyl sites for hydroxylation is 1. The van der Waals surface area contributed by atoms with Crippen LogP contribution >= 0.6 is 11.6 Å². The second-order valence-electron chi connectivity index (χ2n) is 7.41. The maximum atomic E-state index is 13.0. The van der Waals surface area contributed by atoms with Crippen molar-refractivity contribution in [2.45, 2.75) is 24.7 Å². The molecule has 0 radical (unpaired) electrons. The highest BCUT2D eigenvalue weighted by molar-refractivity contribution is 7.89. The van der Waals surface area contributed by atoms with Crippen molar-refractivity contribution in [3.8, 4) is 0 Å². The SMILES string of the molecule is Cc1ccc(NC(=O)CCCNC(=O)c2ccc(Cl)cc2)cc1S(=O)(=O)N1CCOCC1. The summed E-state index contributed by atoms with van der Waals surface area (Å²) in [6.45, 7) is 3.40. The average Bonchev–Trinajstić information content (AvgIpc) is 2.79. The topological polar surface area (TPSA) is 105 Å². The molecule has 0 unspecified atom stereocenters. The Morgan fingerprint density at radius 3 is 2.47 bits per heavy atom. The molecule has 0 bridgehead atoms. The Morgan fingerprint density at radius 1 is 1.09 bits per heavy atom. The van der Waals surface area contributed by atoms with E-state index in [0.29, 0.717) is 61.1 Å². The Bertz CT molecular complexity index is 1070. The molecule has 1 heterocycles. The Hall–Kier alpha value is -2.46. The second-order valence-corrected chi connectivity index (χ2v) is 9.75. The summed E-state index contributed by atoms with van der Waals surface area (Å²) in [5.41, 5.74) is 1.52. The molecule has 2 aromatic carbocycles. The summed E-state index contributed by atoms with van der Waals surface area (Å²) in [7, 11) is -3.66. The molecule has 0 atom stereocenters. The molecule has 8 nitrogen and oxygen atoms in total. The maximum absolute atomic E-state index is 13.0. The van der Waals surface area contributed by atoms with Crippen molar-refractivity contribution in [3.63, 3.8) is 0 Å². The van der Waals surface area contributed by atoms with E-state index < -0.39 is 10.0 Å². The van der Waals surface area contributed by atoms with Gasteiger partial charge in [0.25, 0.3) is 5.91 Å². The maximum Gasteiger partial charge on any atom is 0.251 e. The number of nitrogens with one attached hydrogen (secondary N) is 2. The van der Waals surface area contributed by atoms with Crippen molar-refractivity contribution < 1.29 is 22.7 Å². The molecule has 1 saturated heterocycles. The van der Waals surface area contributed by atoms with Gasteiger partial charge in [0.05, 0.1) is 18.1 Å². The zero-order chi connectivity index (χ0) is 23.1. The fraction of sp³-hybridized carbons (Fsp3) is 0.364. The van der Waals surface area contributed by atoms with E-state index in [9.17, 15) is 18.0 Å². The molecule has 1 aliphatic heterocycles. The number of morpholine rings is 1. The van der Waals surface area contributed by atoms with E-state index in [1.807, 2.05) is 0 Å². The number of amides is 2. The fourth-order valence-electron chi connectivity index (χ4n) is 3.26. The highest BCUT2D eigenvalue weighted by Gasteiger charge is 2.28. The normalized spacial score (nSPS) is 14.7. The van der Waals surface area contributed by atoms with Crippen LogP contribution in [0.15, 0.2) is 47.4 Å². The third-order valence-electron chi connectivity index (χ3n) is 5.03. The molecule has 1 fully saturated rings. The Morgan fingerprint density at radius 2 is 1.78 bits per heavy atom. The van der Waals surface area contributed by atoms with Gasteiger partial charge >= 0.3 is 0 Å². The van der Waals surface area contributed by atoms with Gasteiger partial charge in [-0.15, -0.1) is 0 Å². The van der Waals surface area contributed by atoms with Crippen molar-refractivity contribution in [2.75, 3.05) is 38.2 Å². The molecular weight excluding hydrogens is 454 g/mol. The minimum absolute atomic E-state index is 0.174. The number of rotatable bonds is 8. The molecule has 2 N–H and O–H groups in total. The van der Waals surface area contributed by atoms with Crippen LogP contribution in [0.4, 0.5) is 5.69 Å². The molecule has 32 heavy (non-hydrogen) atoms. The summed E-state index contributed by atoms with van der Waals surface area (Å²) in [4.78, 5) is 24.5. The molecule has 0 aromatic heterocycles. The first-order valence-corrected chi connectivity index (χ1v) is 12.1. The first-order valence-electron chi connectivity index (χ1n) is 10.3. The van der Waals surface area contributed by atoms with Crippen molar-refractivity contribution in [3.05, 3.63) is 58.6 Å². The molecule has 0 aliphatic carbocycles. The number of hydrogen-bond acceptors (Lipinski definition) is 5. The van der Waals surface area contributed by atoms with Crippen LogP contribution < -0.4 is 10.6 Å². The van der Waals surface area contributed by atoms with Gasteiger partial charge in [0.2, 0.25) is 15.9 Å². The van der Waals surface area contributed by atoms with Crippen LogP contribution in [0, 0.1) is 6.92 Å². The minimum Gasteiger partial charge on any atom is -0.379 e. The van der Waals surface area contributed by atoms with E-state index in [-0.39, 0.29) is 23.1 Å². The summed E-state index contributed by atoms with van der Waals surface area (Å²) in [6, 6.07) is 11.4. The summed E-state index contributed by atoms with van der Waals surface area (Å²) in [6.07, 6.45) is 0.621. The lowest BCUT2D eigenvalue weighted by atomic mass is 10.2. The lowest BCUT2D eigenvalue weighted by Gasteiger charge is -2.26. The molecule has 0 saturated carbocycles. The number of sulfonamides is 1. The van der Waals surface area contributed by atoms with Crippen LogP contribution in [-0.2, 0) is 19.6 Å². The number of hydrogen-bond donors (Lipinski definition) is 2. The number of ether oxygens (including phenoxy) is 1. The third kappa shape index (κ3) is 6.29. The van der Waals surface area contributed by atoms with Gasteiger partial charge < -0.3 is 15.4 Å². The molecule has 0 spiro atoms. The molecule has 2 aromatic rings. The lowest BCUT2D eigenvalue weighted by molar-refractivity contribution is -0.116. The van der Waals surface area contributed by atoms with Crippen molar-refractivity contribution in [2.24, 2.45) is 0 Å². The minimum atomic E-state index is -3.66. The van der Waals surface area contributed by atoms with E-state index in [2.05, 4.69) is 10.6 Å². The summed E-state index contributed by atoms with van der Waals surface area (Å²) in [5.74, 6) is -0.497. The molecular formula is C22H26ClN3O5S. The van der Waals surface area contributed by atoms with Gasteiger partial charge in [-0.1, -0.05) is 17.7 Å². The first kappa shape index (κ1) is 24.2. The van der Waals surface area contributed by atoms with E-state index in [1.54, 1.807) is 43.3 Å². The van der Waals surface area contributed by atoms with Crippen LogP contribution in [0.25, 0.3) is 0 Å². The largest absolute Gasteiger partial charge is 0.379 e. The number of carbonyl (C=O) groups excluding carboxylic acids is 2. The zero-order valence-electron chi connectivity index (χ0n) is 17.8. The highest BCUT2D eigenvalue weighted by atomic mass is 35.5. The molecule has 3 rings (SSSR count). The van der Waals surface area contributed by atoms with Crippen LogP contribution in [0.2, 0.25) is 5.02 Å². The number of nitrogens with zero attached hydrogens (tertiary/aromatic N) is 1. The molecule has 1 aliphatic rings. The van der Waals surface area contributed by atoms with Crippen LogP contribution in [0.3, 0.4) is 0 Å². The predicted molar refractivity (Wildman–Crippen MR) is 122 cm³/mol. The number of anilines is 1. The van der Waals surface area contributed by atoms with Gasteiger partial charge in [0.1, 0.15) is 0 Å². The molecule has 172 valence electrons. The van der Waals surface area contributed by atoms with E-state index in [1.165, 1.54) is 10.4 Å². The van der Waals surface area contributed by atoms with E-state index in [0.717, 1.165) is 0 Å². The summed E-state index contributed by atoms with van der Waals surface area (Å²) >= 11 is 5.81.